The number of aryl methyl sites for hydroxylation is 2. The van der Waals surface area contributed by atoms with E-state index in [1.807, 2.05) is 45.0 Å². The number of carbonyl (C=O) groups is 1. The Hall–Kier alpha value is -3.07. The topological polar surface area (TPSA) is 41.1 Å². The first kappa shape index (κ1) is 27.0. The van der Waals surface area contributed by atoms with Gasteiger partial charge in [0.1, 0.15) is 0 Å². The van der Waals surface area contributed by atoms with Gasteiger partial charge < -0.3 is 10.6 Å². The minimum absolute atomic E-state index is 0.00457. The minimum atomic E-state index is -0.0548. The summed E-state index contributed by atoms with van der Waals surface area (Å²) in [6.07, 6.45) is 4.84. The second-order valence-electron chi connectivity index (χ2n) is 7.83. The molecule has 1 heterocycles. The molecule has 0 aliphatic carbocycles. The molecule has 2 aromatic carbocycles. The first-order valence-electron chi connectivity index (χ1n) is 11.6. The van der Waals surface area contributed by atoms with Crippen LogP contribution in [0.2, 0.25) is 0 Å². The lowest BCUT2D eigenvalue weighted by atomic mass is 10.0. The summed E-state index contributed by atoms with van der Waals surface area (Å²) in [5, 5.41) is 6.00. The number of allylic oxidation sites excluding steroid dienone is 3. The predicted molar refractivity (Wildman–Crippen MR) is 139 cm³/mol. The zero-order valence-electron chi connectivity index (χ0n) is 20.5. The van der Waals surface area contributed by atoms with Crippen LogP contribution >= 0.6 is 0 Å². The lowest BCUT2D eigenvalue weighted by molar-refractivity contribution is -0.123. The summed E-state index contributed by atoms with van der Waals surface area (Å²) >= 11 is 0. The Kier molecular flexibility index (Phi) is 12.5. The van der Waals surface area contributed by atoms with Crippen LogP contribution in [0.3, 0.4) is 0 Å². The summed E-state index contributed by atoms with van der Waals surface area (Å²) < 4.78 is 0. The molecule has 1 aliphatic heterocycles. The van der Waals surface area contributed by atoms with Crippen LogP contribution in [0.1, 0.15) is 57.2 Å². The van der Waals surface area contributed by atoms with E-state index in [-0.39, 0.29) is 11.8 Å². The molecule has 3 heteroatoms. The molecular weight excluding hydrogens is 392 g/mol. The van der Waals surface area contributed by atoms with Crippen molar-refractivity contribution < 1.29 is 4.79 Å². The summed E-state index contributed by atoms with van der Waals surface area (Å²) in [5.74, 6) is -0.0502. The van der Waals surface area contributed by atoms with Gasteiger partial charge in [-0.1, -0.05) is 101 Å². The second-order valence-corrected chi connectivity index (χ2v) is 7.83. The third kappa shape index (κ3) is 9.82. The molecule has 0 bridgehead atoms. The van der Waals surface area contributed by atoms with Gasteiger partial charge in [-0.2, -0.15) is 0 Å². The smallest absolute Gasteiger partial charge is 0.229 e. The van der Waals surface area contributed by atoms with Crippen LogP contribution in [-0.2, 0) is 11.2 Å². The highest BCUT2D eigenvalue weighted by Crippen LogP contribution is 2.19. The van der Waals surface area contributed by atoms with Crippen LogP contribution in [0.25, 0.3) is 5.57 Å². The van der Waals surface area contributed by atoms with Gasteiger partial charge in [0.25, 0.3) is 0 Å². The Morgan fingerprint density at radius 1 is 1.16 bits per heavy atom. The SMILES string of the molecule is C=C(/C=C(\C)c1cccc(CCC)c1)NC(=O)C1CNC(=C)C1.CC.Cc1ccccc1. The minimum Gasteiger partial charge on any atom is -0.388 e. The number of carbonyl (C=O) groups excluding carboxylic acids is 1. The quantitative estimate of drug-likeness (QED) is 0.492. The number of benzene rings is 2. The van der Waals surface area contributed by atoms with Crippen molar-refractivity contribution in [1.82, 2.24) is 10.6 Å². The van der Waals surface area contributed by atoms with Crippen LogP contribution in [0, 0.1) is 12.8 Å². The number of amides is 1. The Morgan fingerprint density at radius 3 is 2.38 bits per heavy atom. The zero-order valence-corrected chi connectivity index (χ0v) is 20.5. The lowest BCUT2D eigenvalue weighted by Crippen LogP contribution is -2.30. The Labute approximate surface area is 195 Å². The molecule has 2 N–H and O–H groups in total. The second kappa shape index (κ2) is 14.9. The van der Waals surface area contributed by atoms with E-state index < -0.39 is 0 Å². The first-order valence-corrected chi connectivity index (χ1v) is 11.6. The van der Waals surface area contributed by atoms with Crippen molar-refractivity contribution in [2.24, 2.45) is 5.92 Å². The van der Waals surface area contributed by atoms with Crippen LogP contribution in [0.4, 0.5) is 0 Å². The first-order chi connectivity index (χ1) is 15.4. The molecule has 172 valence electrons. The highest BCUT2D eigenvalue weighted by Gasteiger charge is 2.24. The van der Waals surface area contributed by atoms with Crippen LogP contribution < -0.4 is 10.6 Å². The van der Waals surface area contributed by atoms with E-state index in [1.165, 1.54) is 16.7 Å². The molecule has 1 aliphatic rings. The number of nitrogens with one attached hydrogen (secondary N) is 2. The fraction of sp³-hybridized carbons (Fsp3) is 0.345. The van der Waals surface area contributed by atoms with E-state index in [0.717, 1.165) is 24.1 Å². The molecule has 1 atom stereocenters. The summed E-state index contributed by atoms with van der Waals surface area (Å²) in [4.78, 5) is 12.2. The molecule has 1 unspecified atom stereocenters. The van der Waals surface area contributed by atoms with Crippen molar-refractivity contribution in [2.45, 2.75) is 53.9 Å². The van der Waals surface area contributed by atoms with Gasteiger partial charge in [-0.05, 0) is 49.5 Å². The van der Waals surface area contributed by atoms with Gasteiger partial charge in [0, 0.05) is 17.9 Å². The molecule has 0 aromatic heterocycles. The summed E-state index contributed by atoms with van der Waals surface area (Å²) in [7, 11) is 0. The third-order valence-electron chi connectivity index (χ3n) is 5.00. The normalized spacial score (nSPS) is 14.8. The van der Waals surface area contributed by atoms with Crippen LogP contribution in [0.15, 0.2) is 85.2 Å². The monoisotopic (exact) mass is 432 g/mol. The van der Waals surface area contributed by atoms with Crippen molar-refractivity contribution in [1.29, 1.82) is 0 Å². The van der Waals surface area contributed by atoms with Gasteiger partial charge in [0.2, 0.25) is 5.91 Å². The molecule has 1 saturated heterocycles. The largest absolute Gasteiger partial charge is 0.388 e. The maximum Gasteiger partial charge on any atom is 0.229 e. The summed E-state index contributed by atoms with van der Waals surface area (Å²) in [6, 6.07) is 18.8. The van der Waals surface area contributed by atoms with Gasteiger partial charge in [-0.25, -0.2) is 0 Å². The predicted octanol–water partition coefficient (Wildman–Crippen LogP) is 6.82. The third-order valence-corrected chi connectivity index (χ3v) is 5.00. The fourth-order valence-corrected chi connectivity index (χ4v) is 3.33. The van der Waals surface area contributed by atoms with E-state index in [9.17, 15) is 4.79 Å². The molecule has 1 fully saturated rings. The summed E-state index contributed by atoms with van der Waals surface area (Å²) in [5.41, 5.74) is 6.48. The average molecular weight is 433 g/mol. The Morgan fingerprint density at radius 2 is 1.84 bits per heavy atom. The molecule has 3 nitrogen and oxygen atoms in total. The van der Waals surface area contributed by atoms with Crippen molar-refractivity contribution in [3.05, 3.63) is 102 Å². The highest BCUT2D eigenvalue weighted by atomic mass is 16.1. The van der Waals surface area contributed by atoms with Gasteiger partial charge in [-0.3, -0.25) is 4.79 Å². The average Bonchev–Trinajstić information content (AvgIpc) is 3.23. The van der Waals surface area contributed by atoms with Gasteiger partial charge in [0.15, 0.2) is 0 Å². The highest BCUT2D eigenvalue weighted by molar-refractivity contribution is 5.82. The number of hydrogen-bond acceptors (Lipinski definition) is 2. The Balaban J connectivity index is 0.000000477. The van der Waals surface area contributed by atoms with Crippen LogP contribution in [0.5, 0.6) is 0 Å². The zero-order chi connectivity index (χ0) is 23.9. The van der Waals surface area contributed by atoms with E-state index >= 15 is 0 Å². The van der Waals surface area contributed by atoms with E-state index in [4.69, 9.17) is 0 Å². The lowest BCUT2D eigenvalue weighted by Gasteiger charge is -2.11. The maximum atomic E-state index is 12.2. The van der Waals surface area contributed by atoms with Gasteiger partial charge >= 0.3 is 0 Å². The van der Waals surface area contributed by atoms with Crippen molar-refractivity contribution in [3.63, 3.8) is 0 Å². The van der Waals surface area contributed by atoms with Crippen molar-refractivity contribution >= 4 is 11.5 Å². The molecule has 3 rings (SSSR count). The molecule has 0 spiro atoms. The molecule has 0 saturated carbocycles. The molecular formula is C29H40N2O. The number of rotatable bonds is 6. The summed E-state index contributed by atoms with van der Waals surface area (Å²) in [6.45, 7) is 18.8. The fourth-order valence-electron chi connectivity index (χ4n) is 3.33. The van der Waals surface area contributed by atoms with Crippen LogP contribution in [-0.4, -0.2) is 12.5 Å². The van der Waals surface area contributed by atoms with E-state index in [0.29, 0.717) is 18.7 Å². The maximum absolute atomic E-state index is 12.2. The van der Waals surface area contributed by atoms with E-state index in [1.54, 1.807) is 0 Å². The van der Waals surface area contributed by atoms with Gasteiger partial charge in [0.05, 0.1) is 5.92 Å². The molecule has 2 aromatic rings. The molecule has 1 amide bonds. The van der Waals surface area contributed by atoms with E-state index in [2.05, 4.69) is 74.0 Å². The molecule has 0 radical (unpaired) electrons. The van der Waals surface area contributed by atoms with Gasteiger partial charge in [-0.15, -0.1) is 0 Å². The Bertz CT molecular complexity index is 896. The molecule has 32 heavy (non-hydrogen) atoms. The van der Waals surface area contributed by atoms with Crippen molar-refractivity contribution in [3.8, 4) is 0 Å². The van der Waals surface area contributed by atoms with Crippen molar-refractivity contribution in [2.75, 3.05) is 6.54 Å². The standard InChI is InChI=1S/C20H26N2O.C7H8.C2H6/c1-5-7-17-8-6-9-18(12-17)14(2)10-16(4)22-20(23)19-11-15(3)21-13-19;1-7-5-3-2-4-6-7;1-2/h6,8-10,12,19,21H,3-5,7,11,13H2,1-2H3,(H,22,23);2-6H,1H3;1-2H3/b14-10+;;. The number of hydrogen-bond donors (Lipinski definition) is 2.